The van der Waals surface area contributed by atoms with Crippen LogP contribution in [0.4, 0.5) is 0 Å². The molecule has 0 aliphatic carbocycles. The lowest BCUT2D eigenvalue weighted by molar-refractivity contribution is -0.109. The predicted molar refractivity (Wildman–Crippen MR) is 86.6 cm³/mol. The van der Waals surface area contributed by atoms with Crippen molar-refractivity contribution in [3.8, 4) is 11.3 Å². The van der Waals surface area contributed by atoms with Gasteiger partial charge in [-0.3, -0.25) is 4.79 Å². The molecule has 1 aromatic carbocycles. The van der Waals surface area contributed by atoms with Crippen molar-refractivity contribution in [3.05, 3.63) is 46.3 Å². The van der Waals surface area contributed by atoms with E-state index >= 15 is 0 Å². The van der Waals surface area contributed by atoms with Crippen LogP contribution in [0.5, 0.6) is 0 Å². The normalized spacial score (nSPS) is 9.52. The van der Waals surface area contributed by atoms with Gasteiger partial charge in [0.05, 0.1) is 15.7 Å². The maximum Gasteiger partial charge on any atom is 0.207 e. The Kier molecular flexibility index (Phi) is 7.72. The minimum Gasteiger partial charge on any atom is -0.359 e. The molecule has 21 heavy (non-hydrogen) atoms. The monoisotopic (exact) mass is 325 g/mol. The van der Waals surface area contributed by atoms with Gasteiger partial charge in [-0.05, 0) is 31.5 Å². The highest BCUT2D eigenvalue weighted by atomic mass is 35.5. The summed E-state index contributed by atoms with van der Waals surface area (Å²) in [6, 6.07) is 7.35. The van der Waals surface area contributed by atoms with E-state index in [0.717, 1.165) is 29.9 Å². The molecule has 0 unspecified atom stereocenters. The second kappa shape index (κ2) is 9.32. The summed E-state index contributed by atoms with van der Waals surface area (Å²) in [4.78, 5) is 17.7. The average molecular weight is 326 g/mol. The van der Waals surface area contributed by atoms with E-state index in [-0.39, 0.29) is 0 Å². The Morgan fingerprint density at radius 3 is 2.48 bits per heavy atom. The second-order valence-electron chi connectivity index (χ2n) is 4.25. The SMILES string of the molecule is CCCNC=O.Cc1cc(-c2ccc(Cl)c(Cl)c2)ncn1. The Balaban J connectivity index is 0.000000315. The van der Waals surface area contributed by atoms with Crippen molar-refractivity contribution in [3.63, 3.8) is 0 Å². The van der Waals surface area contributed by atoms with Gasteiger partial charge in [-0.15, -0.1) is 0 Å². The van der Waals surface area contributed by atoms with Gasteiger partial charge in [0.2, 0.25) is 6.41 Å². The maximum atomic E-state index is 9.45. The van der Waals surface area contributed by atoms with E-state index in [2.05, 4.69) is 15.3 Å². The van der Waals surface area contributed by atoms with Gasteiger partial charge in [0.25, 0.3) is 0 Å². The molecule has 0 atom stereocenters. The lowest BCUT2D eigenvalue weighted by Gasteiger charge is -2.02. The molecule has 0 aliphatic rings. The molecule has 4 nitrogen and oxygen atoms in total. The summed E-state index contributed by atoms with van der Waals surface area (Å²) < 4.78 is 0. The Hall–Kier alpha value is -1.65. The summed E-state index contributed by atoms with van der Waals surface area (Å²) in [7, 11) is 0. The van der Waals surface area contributed by atoms with E-state index in [1.54, 1.807) is 12.1 Å². The zero-order valence-corrected chi connectivity index (χ0v) is 13.4. The van der Waals surface area contributed by atoms with Crippen molar-refractivity contribution < 1.29 is 4.79 Å². The Labute approximate surface area is 134 Å². The second-order valence-corrected chi connectivity index (χ2v) is 5.06. The molecule has 1 amide bonds. The standard InChI is InChI=1S/C11H8Cl2N2.C4H9NO/c1-7-4-11(15-6-14-7)8-2-3-9(12)10(13)5-8;1-2-3-5-4-6/h2-6H,1H3;4H,2-3H2,1H3,(H,5,6). The summed E-state index contributed by atoms with van der Waals surface area (Å²) >= 11 is 11.8. The lowest BCUT2D eigenvalue weighted by Crippen LogP contribution is -2.10. The fraction of sp³-hybridized carbons (Fsp3) is 0.267. The third-order valence-corrected chi connectivity index (χ3v) is 3.24. The molecule has 0 saturated heterocycles. The summed E-state index contributed by atoms with van der Waals surface area (Å²) in [5.41, 5.74) is 2.71. The van der Waals surface area contributed by atoms with Gasteiger partial charge in [-0.1, -0.05) is 36.2 Å². The predicted octanol–water partition coefficient (Wildman–Crippen LogP) is 3.90. The quantitative estimate of drug-likeness (QED) is 0.685. The van der Waals surface area contributed by atoms with E-state index in [4.69, 9.17) is 23.2 Å². The number of aryl methyl sites for hydroxylation is 1. The molecule has 0 radical (unpaired) electrons. The molecule has 2 aromatic rings. The first-order valence-corrected chi connectivity index (χ1v) is 7.25. The molecular formula is C15H17Cl2N3O. The first-order chi connectivity index (χ1) is 10.1. The zero-order valence-electron chi connectivity index (χ0n) is 11.9. The van der Waals surface area contributed by atoms with Gasteiger partial charge >= 0.3 is 0 Å². The van der Waals surface area contributed by atoms with Crippen LogP contribution < -0.4 is 5.32 Å². The van der Waals surface area contributed by atoms with Gasteiger partial charge in [-0.2, -0.15) is 0 Å². The first kappa shape index (κ1) is 17.4. The Bertz CT molecular complexity index is 591. The van der Waals surface area contributed by atoms with Crippen LogP contribution in [0.1, 0.15) is 19.0 Å². The van der Waals surface area contributed by atoms with Crippen LogP contribution in [0.3, 0.4) is 0 Å². The lowest BCUT2D eigenvalue weighted by atomic mass is 10.1. The van der Waals surface area contributed by atoms with E-state index < -0.39 is 0 Å². The number of halogens is 2. The van der Waals surface area contributed by atoms with Gasteiger partial charge in [0, 0.05) is 17.8 Å². The number of benzene rings is 1. The fourth-order valence-corrected chi connectivity index (χ4v) is 1.77. The van der Waals surface area contributed by atoms with E-state index in [0.29, 0.717) is 16.5 Å². The molecule has 0 bridgehead atoms. The highest BCUT2D eigenvalue weighted by Gasteiger charge is 2.03. The highest BCUT2D eigenvalue weighted by Crippen LogP contribution is 2.27. The van der Waals surface area contributed by atoms with Gasteiger partial charge in [0.15, 0.2) is 0 Å². The summed E-state index contributed by atoms with van der Waals surface area (Å²) in [5, 5.41) is 3.60. The number of hydrogen-bond donors (Lipinski definition) is 1. The van der Waals surface area contributed by atoms with Crippen LogP contribution in [0.15, 0.2) is 30.6 Å². The molecule has 0 saturated carbocycles. The number of nitrogens with one attached hydrogen (secondary N) is 1. The van der Waals surface area contributed by atoms with Crippen molar-refractivity contribution in [2.45, 2.75) is 20.3 Å². The summed E-state index contributed by atoms with van der Waals surface area (Å²) in [6.07, 6.45) is 3.26. The topological polar surface area (TPSA) is 54.9 Å². The number of aromatic nitrogens is 2. The van der Waals surface area contributed by atoms with Crippen LogP contribution in [0, 0.1) is 6.92 Å². The number of amides is 1. The Morgan fingerprint density at radius 1 is 1.19 bits per heavy atom. The molecular weight excluding hydrogens is 309 g/mol. The zero-order chi connectivity index (χ0) is 15.7. The molecule has 0 aliphatic heterocycles. The molecule has 1 heterocycles. The summed E-state index contributed by atoms with van der Waals surface area (Å²) in [6.45, 7) is 4.72. The molecule has 6 heteroatoms. The van der Waals surface area contributed by atoms with Crippen molar-refractivity contribution >= 4 is 29.6 Å². The number of hydrogen-bond acceptors (Lipinski definition) is 3. The number of carbonyl (C=O) groups is 1. The third kappa shape index (κ3) is 6.10. The molecule has 0 spiro atoms. The number of rotatable bonds is 4. The number of nitrogens with zero attached hydrogens (tertiary/aromatic N) is 2. The van der Waals surface area contributed by atoms with Crippen LogP contribution in [0.25, 0.3) is 11.3 Å². The highest BCUT2D eigenvalue weighted by molar-refractivity contribution is 6.42. The summed E-state index contributed by atoms with van der Waals surface area (Å²) in [5.74, 6) is 0. The fourth-order valence-electron chi connectivity index (χ4n) is 1.47. The molecule has 1 N–H and O–H groups in total. The van der Waals surface area contributed by atoms with Crippen LogP contribution >= 0.6 is 23.2 Å². The minimum atomic E-state index is 0.533. The average Bonchev–Trinajstić information content (AvgIpc) is 2.48. The largest absolute Gasteiger partial charge is 0.359 e. The molecule has 2 rings (SSSR count). The van der Waals surface area contributed by atoms with Crippen molar-refractivity contribution in [1.82, 2.24) is 15.3 Å². The first-order valence-electron chi connectivity index (χ1n) is 6.49. The van der Waals surface area contributed by atoms with Gasteiger partial charge < -0.3 is 5.32 Å². The van der Waals surface area contributed by atoms with Crippen LogP contribution in [-0.4, -0.2) is 22.9 Å². The van der Waals surface area contributed by atoms with Crippen LogP contribution in [0.2, 0.25) is 10.0 Å². The van der Waals surface area contributed by atoms with E-state index in [9.17, 15) is 4.79 Å². The smallest absolute Gasteiger partial charge is 0.207 e. The molecule has 0 fully saturated rings. The van der Waals surface area contributed by atoms with Crippen LogP contribution in [-0.2, 0) is 4.79 Å². The van der Waals surface area contributed by atoms with Crippen molar-refractivity contribution in [2.24, 2.45) is 0 Å². The maximum absolute atomic E-state index is 9.45. The molecule has 112 valence electrons. The molecule has 1 aromatic heterocycles. The third-order valence-electron chi connectivity index (χ3n) is 2.50. The van der Waals surface area contributed by atoms with Crippen molar-refractivity contribution in [2.75, 3.05) is 6.54 Å². The van der Waals surface area contributed by atoms with E-state index in [1.165, 1.54) is 6.33 Å². The van der Waals surface area contributed by atoms with E-state index in [1.807, 2.05) is 26.0 Å². The van der Waals surface area contributed by atoms with Crippen molar-refractivity contribution in [1.29, 1.82) is 0 Å². The van der Waals surface area contributed by atoms with Gasteiger partial charge in [0.1, 0.15) is 6.33 Å². The van der Waals surface area contributed by atoms with Gasteiger partial charge in [-0.25, -0.2) is 9.97 Å². The minimum absolute atomic E-state index is 0.533. The number of carbonyl (C=O) groups excluding carboxylic acids is 1. The Morgan fingerprint density at radius 2 is 1.95 bits per heavy atom.